The van der Waals surface area contributed by atoms with Crippen LogP contribution in [-0.2, 0) is 0 Å². The molecule has 0 unspecified atom stereocenters. The summed E-state index contributed by atoms with van der Waals surface area (Å²) in [6.45, 7) is 1.92. The fourth-order valence-electron chi connectivity index (χ4n) is 2.08. The van der Waals surface area contributed by atoms with Gasteiger partial charge in [0.05, 0.1) is 0 Å². The normalized spacial score (nSPS) is 11.3. The molecule has 2 N–H and O–H groups in total. The van der Waals surface area contributed by atoms with E-state index >= 15 is 0 Å². The van der Waals surface area contributed by atoms with Crippen LogP contribution < -0.4 is 0 Å². The average molecular weight is 214 g/mol. The molecule has 0 spiro atoms. The van der Waals surface area contributed by atoms with Crippen LogP contribution in [0.4, 0.5) is 0 Å². The molecule has 2 aromatic carbocycles. The Hall–Kier alpha value is -2.16. The van der Waals surface area contributed by atoms with Crippen LogP contribution in [0.3, 0.4) is 0 Å². The lowest BCUT2D eigenvalue weighted by molar-refractivity contribution is 0.474. The first-order valence-corrected chi connectivity index (χ1v) is 5.00. The van der Waals surface area contributed by atoms with Crippen LogP contribution in [0.1, 0.15) is 5.56 Å². The van der Waals surface area contributed by atoms with E-state index < -0.39 is 0 Å². The van der Waals surface area contributed by atoms with Crippen LogP contribution in [0.15, 0.2) is 34.7 Å². The van der Waals surface area contributed by atoms with Gasteiger partial charge >= 0.3 is 0 Å². The third-order valence-corrected chi connectivity index (χ3v) is 2.74. The highest BCUT2D eigenvalue weighted by Gasteiger charge is 2.10. The first-order chi connectivity index (χ1) is 7.65. The highest BCUT2D eigenvalue weighted by molar-refractivity contribution is 6.07. The smallest absolute Gasteiger partial charge is 0.139 e. The molecule has 0 aliphatic carbocycles. The minimum atomic E-state index is 0.174. The Balaban J connectivity index is 2.56. The Morgan fingerprint density at radius 1 is 0.938 bits per heavy atom. The van der Waals surface area contributed by atoms with Gasteiger partial charge in [0.15, 0.2) is 0 Å². The molecule has 0 aliphatic heterocycles. The predicted molar refractivity (Wildman–Crippen MR) is 61.8 cm³/mol. The van der Waals surface area contributed by atoms with Gasteiger partial charge < -0.3 is 14.6 Å². The molecule has 0 aliphatic rings. The van der Waals surface area contributed by atoms with Crippen LogP contribution in [-0.4, -0.2) is 10.2 Å². The average Bonchev–Trinajstić information content (AvgIpc) is 2.54. The number of rotatable bonds is 0. The molecule has 0 bridgehead atoms. The number of aromatic hydroxyl groups is 2. The maximum absolute atomic E-state index is 9.48. The van der Waals surface area contributed by atoms with Gasteiger partial charge in [-0.3, -0.25) is 0 Å². The molecule has 3 nitrogen and oxygen atoms in total. The number of fused-ring (bicyclic) bond motifs is 3. The second kappa shape index (κ2) is 2.92. The van der Waals surface area contributed by atoms with Crippen molar-refractivity contribution in [2.75, 3.05) is 0 Å². The quantitative estimate of drug-likeness (QED) is 0.603. The lowest BCUT2D eigenvalue weighted by atomic mass is 10.1. The minimum absolute atomic E-state index is 0.174. The van der Waals surface area contributed by atoms with Gasteiger partial charge in [0, 0.05) is 22.9 Å². The van der Waals surface area contributed by atoms with E-state index in [0.29, 0.717) is 11.2 Å². The molecule has 0 atom stereocenters. The Bertz CT molecular complexity index is 695. The molecular weight excluding hydrogens is 204 g/mol. The largest absolute Gasteiger partial charge is 0.508 e. The molecule has 3 rings (SSSR count). The fraction of sp³-hybridized carbons (Fsp3) is 0.0769. The summed E-state index contributed by atoms with van der Waals surface area (Å²) in [7, 11) is 0. The molecule has 0 saturated carbocycles. The Labute approximate surface area is 91.5 Å². The van der Waals surface area contributed by atoms with E-state index in [1.807, 2.05) is 13.0 Å². The Morgan fingerprint density at radius 2 is 1.69 bits per heavy atom. The van der Waals surface area contributed by atoms with E-state index in [-0.39, 0.29) is 11.5 Å². The molecule has 0 radical (unpaired) electrons. The highest BCUT2D eigenvalue weighted by atomic mass is 16.3. The summed E-state index contributed by atoms with van der Waals surface area (Å²) in [5, 5.41) is 20.8. The van der Waals surface area contributed by atoms with Crippen molar-refractivity contribution in [3.63, 3.8) is 0 Å². The first-order valence-electron chi connectivity index (χ1n) is 5.00. The highest BCUT2D eigenvalue weighted by Crippen LogP contribution is 2.34. The topological polar surface area (TPSA) is 53.6 Å². The van der Waals surface area contributed by atoms with E-state index in [4.69, 9.17) is 4.42 Å². The van der Waals surface area contributed by atoms with E-state index in [2.05, 4.69) is 0 Å². The van der Waals surface area contributed by atoms with Gasteiger partial charge in [-0.1, -0.05) is 0 Å². The Kier molecular flexibility index (Phi) is 1.66. The first kappa shape index (κ1) is 9.09. The molecule has 16 heavy (non-hydrogen) atoms. The van der Waals surface area contributed by atoms with Crippen molar-refractivity contribution in [1.82, 2.24) is 0 Å². The number of phenols is 2. The van der Waals surface area contributed by atoms with Crippen molar-refractivity contribution < 1.29 is 14.6 Å². The summed E-state index contributed by atoms with van der Waals surface area (Å²) in [5.74, 6) is 0.363. The van der Waals surface area contributed by atoms with E-state index in [9.17, 15) is 10.2 Å². The van der Waals surface area contributed by atoms with Crippen molar-refractivity contribution in [3.8, 4) is 11.5 Å². The second-order valence-corrected chi connectivity index (χ2v) is 3.92. The summed E-state index contributed by atoms with van der Waals surface area (Å²) in [4.78, 5) is 0. The zero-order chi connectivity index (χ0) is 11.3. The monoisotopic (exact) mass is 214 g/mol. The van der Waals surface area contributed by atoms with Crippen LogP contribution in [0.25, 0.3) is 21.9 Å². The number of aryl methyl sites for hydroxylation is 1. The predicted octanol–water partition coefficient (Wildman–Crippen LogP) is 3.31. The van der Waals surface area contributed by atoms with Crippen molar-refractivity contribution in [2.45, 2.75) is 6.92 Å². The molecule has 3 heteroatoms. The minimum Gasteiger partial charge on any atom is -0.508 e. The van der Waals surface area contributed by atoms with Crippen LogP contribution in [0.5, 0.6) is 11.5 Å². The summed E-state index contributed by atoms with van der Waals surface area (Å²) in [6, 6.07) is 8.31. The number of phenolic OH excluding ortho intramolecular Hbond substituents is 2. The number of hydrogen-bond donors (Lipinski definition) is 2. The van der Waals surface area contributed by atoms with Crippen molar-refractivity contribution >= 4 is 21.9 Å². The number of furan rings is 1. The van der Waals surface area contributed by atoms with Gasteiger partial charge in [0.2, 0.25) is 0 Å². The van der Waals surface area contributed by atoms with Gasteiger partial charge in [-0.15, -0.1) is 0 Å². The lowest BCUT2D eigenvalue weighted by Gasteiger charge is -1.97. The summed E-state index contributed by atoms with van der Waals surface area (Å²) < 4.78 is 5.57. The van der Waals surface area contributed by atoms with Crippen LogP contribution in [0.2, 0.25) is 0 Å². The van der Waals surface area contributed by atoms with E-state index in [1.165, 1.54) is 0 Å². The van der Waals surface area contributed by atoms with Gasteiger partial charge in [-0.25, -0.2) is 0 Å². The third kappa shape index (κ3) is 1.15. The summed E-state index contributed by atoms with van der Waals surface area (Å²) >= 11 is 0. The zero-order valence-corrected chi connectivity index (χ0v) is 8.69. The van der Waals surface area contributed by atoms with E-state index in [0.717, 1.165) is 16.3 Å². The molecule has 1 aromatic heterocycles. The number of hydrogen-bond acceptors (Lipinski definition) is 3. The van der Waals surface area contributed by atoms with Crippen molar-refractivity contribution in [3.05, 3.63) is 35.9 Å². The Morgan fingerprint density at radius 3 is 2.50 bits per heavy atom. The maximum Gasteiger partial charge on any atom is 0.139 e. The maximum atomic E-state index is 9.48. The molecule has 80 valence electrons. The zero-order valence-electron chi connectivity index (χ0n) is 8.69. The van der Waals surface area contributed by atoms with Gasteiger partial charge in [-0.05, 0) is 30.7 Å². The molecule has 1 heterocycles. The van der Waals surface area contributed by atoms with E-state index in [1.54, 1.807) is 24.3 Å². The second-order valence-electron chi connectivity index (χ2n) is 3.92. The van der Waals surface area contributed by atoms with Crippen molar-refractivity contribution in [1.29, 1.82) is 0 Å². The lowest BCUT2D eigenvalue weighted by Crippen LogP contribution is -1.74. The summed E-state index contributed by atoms with van der Waals surface area (Å²) in [6.07, 6.45) is 0. The van der Waals surface area contributed by atoms with Gasteiger partial charge in [-0.2, -0.15) is 0 Å². The van der Waals surface area contributed by atoms with Crippen LogP contribution in [0, 0.1) is 6.92 Å². The molecule has 0 amide bonds. The fourth-order valence-corrected chi connectivity index (χ4v) is 2.08. The molecule has 3 aromatic rings. The molecular formula is C13H10O3. The SMILES string of the molecule is Cc1cc(O)cc2oc3cc(O)ccc3c12. The molecule has 0 saturated heterocycles. The van der Waals surface area contributed by atoms with Crippen molar-refractivity contribution in [2.24, 2.45) is 0 Å². The standard InChI is InChI=1S/C13H10O3/c1-7-4-9(15)6-12-13(7)10-3-2-8(14)5-11(10)16-12/h2-6,14-15H,1H3. The summed E-state index contributed by atoms with van der Waals surface area (Å²) in [5.41, 5.74) is 2.22. The van der Waals surface area contributed by atoms with Crippen LogP contribution >= 0.6 is 0 Å². The third-order valence-electron chi connectivity index (χ3n) is 2.74. The van der Waals surface area contributed by atoms with Gasteiger partial charge in [0.25, 0.3) is 0 Å². The van der Waals surface area contributed by atoms with Gasteiger partial charge in [0.1, 0.15) is 22.7 Å². The number of benzene rings is 2. The molecule has 0 fully saturated rings.